The van der Waals surface area contributed by atoms with Gasteiger partial charge in [0, 0.05) is 5.02 Å². The summed E-state index contributed by atoms with van der Waals surface area (Å²) < 4.78 is 10.6. The third-order valence-corrected chi connectivity index (χ3v) is 5.25. The van der Waals surface area contributed by atoms with Crippen LogP contribution in [-0.2, 0) is 12.8 Å². The topological polar surface area (TPSA) is 42.5 Å². The molecule has 0 aromatic heterocycles. The van der Waals surface area contributed by atoms with Gasteiger partial charge >= 0.3 is 0 Å². The lowest BCUT2D eigenvalue weighted by molar-refractivity contribution is 0.354. The number of halogens is 3. The monoisotopic (exact) mass is 490 g/mol. The second-order valence-corrected chi connectivity index (χ2v) is 7.67. The van der Waals surface area contributed by atoms with Gasteiger partial charge in [-0.2, -0.15) is 0 Å². The van der Waals surface area contributed by atoms with Crippen LogP contribution in [0.2, 0.25) is 5.02 Å². The summed E-state index contributed by atoms with van der Waals surface area (Å²) in [5.74, 6) is 1.58. The minimum atomic E-state index is 0. The first-order valence-electron chi connectivity index (χ1n) is 10.6. The Bertz CT molecular complexity index is 700. The molecule has 0 unspecified atom stereocenters. The number of ether oxygens (including phenoxy) is 2. The molecule has 0 radical (unpaired) electrons. The van der Waals surface area contributed by atoms with Crippen LogP contribution >= 0.6 is 36.4 Å². The average Bonchev–Trinajstić information content (AvgIpc) is 2.75. The Labute approximate surface area is 205 Å². The highest BCUT2D eigenvalue weighted by molar-refractivity contribution is 6.30. The Balaban J connectivity index is 0.00000450. The quantitative estimate of drug-likeness (QED) is 0.312. The summed E-state index contributed by atoms with van der Waals surface area (Å²) >= 11 is 5.90. The Kier molecular flexibility index (Phi) is 17.7. The summed E-state index contributed by atoms with van der Waals surface area (Å²) in [7, 11) is 3.34. The van der Waals surface area contributed by atoms with Gasteiger partial charge in [-0.1, -0.05) is 42.6 Å². The maximum atomic E-state index is 5.90. The maximum Gasteiger partial charge on any atom is 0.160 e. The maximum absolute atomic E-state index is 5.90. The molecule has 0 bridgehead atoms. The first kappa shape index (κ1) is 29.8. The molecule has 0 saturated heterocycles. The summed E-state index contributed by atoms with van der Waals surface area (Å²) in [4.78, 5) is 0. The van der Waals surface area contributed by atoms with Gasteiger partial charge < -0.3 is 20.1 Å². The van der Waals surface area contributed by atoms with E-state index in [-0.39, 0.29) is 24.8 Å². The largest absolute Gasteiger partial charge is 0.493 e. The normalized spacial score (nSPS) is 10.2. The molecule has 0 amide bonds. The van der Waals surface area contributed by atoms with Gasteiger partial charge in [0.05, 0.1) is 14.2 Å². The Hall–Kier alpha value is -1.17. The summed E-state index contributed by atoms with van der Waals surface area (Å²) in [5.41, 5.74) is 2.60. The van der Waals surface area contributed by atoms with E-state index >= 15 is 0 Å². The Morgan fingerprint density at radius 1 is 0.645 bits per heavy atom. The van der Waals surface area contributed by atoms with Crippen LogP contribution in [0.4, 0.5) is 0 Å². The SMILES string of the molecule is COc1ccc(CCNCCCCCCNCCc2ccc(Cl)cc2)cc1OC.Cl.Cl. The standard InChI is InChI=1S/C24H35ClN2O2.2ClH/c1-28-23-12-9-21(19-24(23)29-2)14-18-27-16-6-4-3-5-15-26-17-13-20-7-10-22(25)11-8-20;;/h7-12,19,26-27H,3-6,13-18H2,1-2H3;2*1H. The number of unbranched alkanes of at least 4 members (excludes halogenated alkanes) is 3. The van der Waals surface area contributed by atoms with Crippen molar-refractivity contribution >= 4 is 36.4 Å². The molecule has 0 spiro atoms. The van der Waals surface area contributed by atoms with E-state index in [0.717, 1.165) is 55.5 Å². The van der Waals surface area contributed by atoms with E-state index in [9.17, 15) is 0 Å². The minimum absolute atomic E-state index is 0. The van der Waals surface area contributed by atoms with Gasteiger partial charge in [0.1, 0.15) is 0 Å². The van der Waals surface area contributed by atoms with Crippen molar-refractivity contribution in [3.8, 4) is 11.5 Å². The lowest BCUT2D eigenvalue weighted by atomic mass is 10.1. The number of nitrogens with one attached hydrogen (secondary N) is 2. The molecule has 0 saturated carbocycles. The molecular weight excluding hydrogens is 455 g/mol. The number of hydrogen-bond acceptors (Lipinski definition) is 4. The molecule has 0 heterocycles. The van der Waals surface area contributed by atoms with Crippen LogP contribution in [0.5, 0.6) is 11.5 Å². The van der Waals surface area contributed by atoms with Crippen LogP contribution in [0.25, 0.3) is 0 Å². The van der Waals surface area contributed by atoms with Gasteiger partial charge in [0.25, 0.3) is 0 Å². The minimum Gasteiger partial charge on any atom is -0.493 e. The van der Waals surface area contributed by atoms with Crippen LogP contribution in [0.3, 0.4) is 0 Å². The molecular formula is C24H37Cl3N2O2. The molecule has 2 aromatic rings. The molecule has 7 heteroatoms. The molecule has 0 fully saturated rings. The molecule has 31 heavy (non-hydrogen) atoms. The van der Waals surface area contributed by atoms with Gasteiger partial charge in [-0.25, -0.2) is 0 Å². The molecule has 0 aliphatic heterocycles. The fourth-order valence-electron chi connectivity index (χ4n) is 3.26. The van der Waals surface area contributed by atoms with Crippen molar-refractivity contribution < 1.29 is 9.47 Å². The van der Waals surface area contributed by atoms with Crippen molar-refractivity contribution in [2.24, 2.45) is 0 Å². The van der Waals surface area contributed by atoms with Crippen LogP contribution in [0.1, 0.15) is 36.8 Å². The molecule has 2 N–H and O–H groups in total. The van der Waals surface area contributed by atoms with Crippen LogP contribution in [0, 0.1) is 0 Å². The summed E-state index contributed by atoms with van der Waals surface area (Å²) in [5, 5.41) is 7.87. The van der Waals surface area contributed by atoms with Crippen molar-refractivity contribution in [1.29, 1.82) is 0 Å². The highest BCUT2D eigenvalue weighted by atomic mass is 35.5. The average molecular weight is 492 g/mol. The predicted octanol–water partition coefficient (Wildman–Crippen LogP) is 5.73. The highest BCUT2D eigenvalue weighted by Gasteiger charge is 2.04. The molecule has 0 aliphatic carbocycles. The number of methoxy groups -OCH3 is 2. The smallest absolute Gasteiger partial charge is 0.160 e. The first-order chi connectivity index (χ1) is 14.2. The lowest BCUT2D eigenvalue weighted by Gasteiger charge is -2.10. The van der Waals surface area contributed by atoms with Gasteiger partial charge in [-0.15, -0.1) is 24.8 Å². The molecule has 0 aliphatic rings. The van der Waals surface area contributed by atoms with E-state index in [0.29, 0.717) is 0 Å². The van der Waals surface area contributed by atoms with Gasteiger partial charge in [-0.05, 0) is 87.3 Å². The molecule has 176 valence electrons. The van der Waals surface area contributed by atoms with E-state index in [2.05, 4.69) is 34.9 Å². The first-order valence-corrected chi connectivity index (χ1v) is 11.0. The van der Waals surface area contributed by atoms with Gasteiger partial charge in [-0.3, -0.25) is 0 Å². The zero-order valence-electron chi connectivity index (χ0n) is 18.6. The molecule has 4 nitrogen and oxygen atoms in total. The third kappa shape index (κ3) is 12.4. The van der Waals surface area contributed by atoms with Crippen molar-refractivity contribution in [2.75, 3.05) is 40.4 Å². The fourth-order valence-corrected chi connectivity index (χ4v) is 3.38. The van der Waals surface area contributed by atoms with Crippen molar-refractivity contribution in [1.82, 2.24) is 10.6 Å². The zero-order valence-corrected chi connectivity index (χ0v) is 21.0. The Morgan fingerprint density at radius 2 is 1.16 bits per heavy atom. The van der Waals surface area contributed by atoms with E-state index in [4.69, 9.17) is 21.1 Å². The number of rotatable bonds is 15. The Morgan fingerprint density at radius 3 is 1.71 bits per heavy atom. The van der Waals surface area contributed by atoms with E-state index < -0.39 is 0 Å². The van der Waals surface area contributed by atoms with Gasteiger partial charge in [0.15, 0.2) is 11.5 Å². The summed E-state index contributed by atoms with van der Waals surface area (Å²) in [6.07, 6.45) is 7.09. The second-order valence-electron chi connectivity index (χ2n) is 7.23. The summed E-state index contributed by atoms with van der Waals surface area (Å²) in [6, 6.07) is 14.2. The van der Waals surface area contributed by atoms with E-state index in [1.165, 1.54) is 36.8 Å². The predicted molar refractivity (Wildman–Crippen MR) is 137 cm³/mol. The van der Waals surface area contributed by atoms with E-state index in [1.54, 1.807) is 14.2 Å². The van der Waals surface area contributed by atoms with Crippen molar-refractivity contribution in [2.45, 2.75) is 38.5 Å². The third-order valence-electron chi connectivity index (χ3n) is 5.00. The number of hydrogen-bond donors (Lipinski definition) is 2. The fraction of sp³-hybridized carbons (Fsp3) is 0.500. The molecule has 2 aromatic carbocycles. The van der Waals surface area contributed by atoms with Crippen LogP contribution < -0.4 is 20.1 Å². The summed E-state index contributed by atoms with van der Waals surface area (Å²) in [6.45, 7) is 4.19. The van der Waals surface area contributed by atoms with Crippen molar-refractivity contribution in [3.05, 3.63) is 58.6 Å². The van der Waals surface area contributed by atoms with Crippen LogP contribution in [-0.4, -0.2) is 40.4 Å². The second kappa shape index (κ2) is 18.4. The molecule has 0 atom stereocenters. The van der Waals surface area contributed by atoms with Crippen molar-refractivity contribution in [3.63, 3.8) is 0 Å². The molecule has 2 rings (SSSR count). The lowest BCUT2D eigenvalue weighted by Crippen LogP contribution is -2.19. The highest BCUT2D eigenvalue weighted by Crippen LogP contribution is 2.27. The van der Waals surface area contributed by atoms with Gasteiger partial charge in [0.2, 0.25) is 0 Å². The zero-order chi connectivity index (χ0) is 20.7. The van der Waals surface area contributed by atoms with Crippen LogP contribution in [0.15, 0.2) is 42.5 Å². The number of benzene rings is 2. The van der Waals surface area contributed by atoms with E-state index in [1.807, 2.05) is 18.2 Å².